The monoisotopic (exact) mass is 162 g/mol. The van der Waals surface area contributed by atoms with E-state index < -0.39 is 0 Å². The Morgan fingerprint density at radius 3 is 2.25 bits per heavy atom. The van der Waals surface area contributed by atoms with Crippen molar-refractivity contribution in [1.82, 2.24) is 0 Å². The fourth-order valence-corrected chi connectivity index (χ4v) is 0.913. The van der Waals surface area contributed by atoms with Crippen LogP contribution in [0.1, 0.15) is 25.8 Å². The number of hydrogen-bond donors (Lipinski definition) is 0. The van der Waals surface area contributed by atoms with Crippen LogP contribution in [0.2, 0.25) is 0 Å². The van der Waals surface area contributed by atoms with E-state index in [0.717, 1.165) is 12.8 Å². The maximum atomic E-state index is 3.68. The van der Waals surface area contributed by atoms with Gasteiger partial charge in [0.05, 0.1) is 0 Å². The first-order valence-electron chi connectivity index (χ1n) is 4.58. The van der Waals surface area contributed by atoms with Crippen LogP contribution in [0.4, 0.5) is 0 Å². The summed E-state index contributed by atoms with van der Waals surface area (Å²) in [7, 11) is 0. The van der Waals surface area contributed by atoms with Gasteiger partial charge in [0.1, 0.15) is 0 Å². The molecule has 0 aliphatic carbocycles. The standard InChI is InChI=1S/C10H12.C2H6/c1-2-3-7-10-8-5-4-6-9-10;1-2/h2,4-6,8-9H,1,3,7H2;1-2H3. The molecule has 0 heterocycles. The van der Waals surface area contributed by atoms with Crippen LogP contribution >= 0.6 is 0 Å². The van der Waals surface area contributed by atoms with Gasteiger partial charge in [-0.3, -0.25) is 0 Å². The normalized spacial score (nSPS) is 8.17. The second-order valence-corrected chi connectivity index (χ2v) is 2.31. The van der Waals surface area contributed by atoms with E-state index in [2.05, 4.69) is 30.8 Å². The van der Waals surface area contributed by atoms with Crippen molar-refractivity contribution in [3.05, 3.63) is 48.6 Å². The van der Waals surface area contributed by atoms with Gasteiger partial charge in [-0.05, 0) is 18.4 Å². The van der Waals surface area contributed by atoms with Gasteiger partial charge in [-0.2, -0.15) is 0 Å². The van der Waals surface area contributed by atoms with Crippen LogP contribution < -0.4 is 0 Å². The fraction of sp³-hybridized carbons (Fsp3) is 0.333. The maximum absolute atomic E-state index is 3.68. The Labute approximate surface area is 75.9 Å². The number of rotatable bonds is 3. The van der Waals surface area contributed by atoms with E-state index in [1.807, 2.05) is 26.0 Å². The molecule has 0 N–H and O–H groups in total. The lowest BCUT2D eigenvalue weighted by molar-refractivity contribution is 1.00. The number of aryl methyl sites for hydroxylation is 1. The second-order valence-electron chi connectivity index (χ2n) is 2.31. The molecule has 1 aromatic carbocycles. The zero-order valence-corrected chi connectivity index (χ0v) is 8.09. The maximum Gasteiger partial charge on any atom is -0.0244 e. The van der Waals surface area contributed by atoms with Crippen molar-refractivity contribution >= 4 is 0 Å². The van der Waals surface area contributed by atoms with Crippen LogP contribution in [0.25, 0.3) is 0 Å². The summed E-state index contributed by atoms with van der Waals surface area (Å²) in [6.07, 6.45) is 4.14. The van der Waals surface area contributed by atoms with Crippen LogP contribution in [0.15, 0.2) is 43.0 Å². The topological polar surface area (TPSA) is 0 Å². The molecule has 0 unspecified atom stereocenters. The predicted octanol–water partition coefficient (Wildman–Crippen LogP) is 3.83. The van der Waals surface area contributed by atoms with Crippen LogP contribution in [0.3, 0.4) is 0 Å². The summed E-state index contributed by atoms with van der Waals surface area (Å²) in [5.41, 5.74) is 1.39. The third kappa shape index (κ3) is 4.73. The molecule has 0 fully saturated rings. The molecule has 0 aliphatic rings. The summed E-state index contributed by atoms with van der Waals surface area (Å²) >= 11 is 0. The first-order chi connectivity index (χ1) is 5.93. The number of benzene rings is 1. The van der Waals surface area contributed by atoms with Crippen molar-refractivity contribution in [3.8, 4) is 0 Å². The van der Waals surface area contributed by atoms with E-state index in [9.17, 15) is 0 Å². The molecule has 0 radical (unpaired) electrons. The molecule has 12 heavy (non-hydrogen) atoms. The van der Waals surface area contributed by atoms with E-state index >= 15 is 0 Å². The molecule has 0 amide bonds. The average Bonchev–Trinajstić information content (AvgIpc) is 2.19. The lowest BCUT2D eigenvalue weighted by atomic mass is 10.1. The summed E-state index contributed by atoms with van der Waals surface area (Å²) in [5, 5.41) is 0. The van der Waals surface area contributed by atoms with Gasteiger partial charge < -0.3 is 0 Å². The highest BCUT2D eigenvalue weighted by atomic mass is 13.9. The van der Waals surface area contributed by atoms with E-state index in [0.29, 0.717) is 0 Å². The van der Waals surface area contributed by atoms with Crippen LogP contribution in [0, 0.1) is 0 Å². The first-order valence-corrected chi connectivity index (χ1v) is 4.58. The van der Waals surface area contributed by atoms with Crippen LogP contribution in [-0.2, 0) is 6.42 Å². The van der Waals surface area contributed by atoms with E-state index in [-0.39, 0.29) is 0 Å². The van der Waals surface area contributed by atoms with Gasteiger partial charge in [-0.25, -0.2) is 0 Å². The summed E-state index contributed by atoms with van der Waals surface area (Å²) in [6.45, 7) is 7.68. The van der Waals surface area contributed by atoms with Crippen LogP contribution in [-0.4, -0.2) is 0 Å². The average molecular weight is 162 g/mol. The third-order valence-corrected chi connectivity index (χ3v) is 1.48. The van der Waals surface area contributed by atoms with Gasteiger partial charge in [-0.1, -0.05) is 50.3 Å². The first kappa shape index (κ1) is 11.0. The van der Waals surface area contributed by atoms with Crippen molar-refractivity contribution < 1.29 is 0 Å². The van der Waals surface area contributed by atoms with Crippen molar-refractivity contribution in [1.29, 1.82) is 0 Å². The van der Waals surface area contributed by atoms with Crippen molar-refractivity contribution in [2.75, 3.05) is 0 Å². The number of allylic oxidation sites excluding steroid dienone is 1. The van der Waals surface area contributed by atoms with Gasteiger partial charge >= 0.3 is 0 Å². The van der Waals surface area contributed by atoms with Gasteiger partial charge in [0.2, 0.25) is 0 Å². The minimum absolute atomic E-state index is 1.07. The van der Waals surface area contributed by atoms with Gasteiger partial charge in [-0.15, -0.1) is 6.58 Å². The minimum Gasteiger partial charge on any atom is -0.103 e. The number of hydrogen-bond acceptors (Lipinski definition) is 0. The molecule has 0 saturated carbocycles. The molecule has 0 bridgehead atoms. The zero-order valence-electron chi connectivity index (χ0n) is 8.09. The quantitative estimate of drug-likeness (QED) is 0.592. The molecule has 1 aromatic rings. The van der Waals surface area contributed by atoms with Gasteiger partial charge in [0.15, 0.2) is 0 Å². The molecule has 1 rings (SSSR count). The molecule has 0 aromatic heterocycles. The smallest absolute Gasteiger partial charge is 0.0244 e. The lowest BCUT2D eigenvalue weighted by Gasteiger charge is -1.94. The Hall–Kier alpha value is -1.04. The Balaban J connectivity index is 0.000000561. The molecule has 66 valence electrons. The molecular formula is C12H18. The Morgan fingerprint density at radius 1 is 1.17 bits per heavy atom. The Kier molecular flexibility index (Phi) is 7.36. The Morgan fingerprint density at radius 2 is 1.75 bits per heavy atom. The SMILES string of the molecule is C=CCCc1ccccc1.CC. The van der Waals surface area contributed by atoms with Crippen molar-refractivity contribution in [2.24, 2.45) is 0 Å². The predicted molar refractivity (Wildman–Crippen MR) is 56.3 cm³/mol. The van der Waals surface area contributed by atoms with E-state index in [1.165, 1.54) is 5.56 Å². The van der Waals surface area contributed by atoms with Gasteiger partial charge in [0, 0.05) is 0 Å². The molecule has 0 heteroatoms. The Bertz CT molecular complexity index is 186. The summed E-state index contributed by atoms with van der Waals surface area (Å²) in [5.74, 6) is 0. The van der Waals surface area contributed by atoms with Crippen molar-refractivity contribution in [2.45, 2.75) is 26.7 Å². The molecular weight excluding hydrogens is 144 g/mol. The van der Waals surface area contributed by atoms with Crippen LogP contribution in [0.5, 0.6) is 0 Å². The largest absolute Gasteiger partial charge is 0.103 e. The van der Waals surface area contributed by atoms with Crippen molar-refractivity contribution in [3.63, 3.8) is 0 Å². The molecule has 0 nitrogen and oxygen atoms in total. The summed E-state index contributed by atoms with van der Waals surface area (Å²) in [6, 6.07) is 10.5. The highest BCUT2D eigenvalue weighted by molar-refractivity contribution is 5.14. The van der Waals surface area contributed by atoms with E-state index in [1.54, 1.807) is 0 Å². The van der Waals surface area contributed by atoms with Gasteiger partial charge in [0.25, 0.3) is 0 Å². The minimum atomic E-state index is 1.07. The third-order valence-electron chi connectivity index (χ3n) is 1.48. The molecule has 0 aliphatic heterocycles. The van der Waals surface area contributed by atoms with E-state index in [4.69, 9.17) is 0 Å². The molecule has 0 saturated heterocycles. The zero-order chi connectivity index (χ0) is 9.23. The molecule has 0 atom stereocenters. The fourth-order valence-electron chi connectivity index (χ4n) is 0.913. The summed E-state index contributed by atoms with van der Waals surface area (Å²) < 4.78 is 0. The highest BCUT2D eigenvalue weighted by Crippen LogP contribution is 2.01. The summed E-state index contributed by atoms with van der Waals surface area (Å²) in [4.78, 5) is 0. The highest BCUT2D eigenvalue weighted by Gasteiger charge is 1.85. The second kappa shape index (κ2) is 8.06. The molecule has 0 spiro atoms. The lowest BCUT2D eigenvalue weighted by Crippen LogP contribution is -1.79.